The van der Waals surface area contributed by atoms with Gasteiger partial charge >= 0.3 is 0 Å². The fraction of sp³-hybridized carbons (Fsp3) is 0.174. The molecule has 0 fully saturated rings. The van der Waals surface area contributed by atoms with E-state index in [1.165, 1.54) is 4.31 Å². The highest BCUT2D eigenvalue weighted by molar-refractivity contribution is 9.10. The van der Waals surface area contributed by atoms with Crippen LogP contribution in [0.3, 0.4) is 0 Å². The third kappa shape index (κ3) is 4.33. The lowest BCUT2D eigenvalue weighted by atomic mass is 10.0. The summed E-state index contributed by atoms with van der Waals surface area (Å²) < 4.78 is 28.4. The van der Waals surface area contributed by atoms with E-state index in [2.05, 4.69) is 21.2 Å². The number of rotatable bonds is 4. The molecule has 1 heterocycles. The van der Waals surface area contributed by atoms with Gasteiger partial charge in [0.2, 0.25) is 10.0 Å². The molecule has 154 valence electrons. The quantitative estimate of drug-likeness (QED) is 0.580. The molecule has 7 heteroatoms. The lowest BCUT2D eigenvalue weighted by Gasteiger charge is -2.28. The summed E-state index contributed by atoms with van der Waals surface area (Å²) in [6.45, 7) is 2.65. The number of carbonyl (C=O) groups excluding carboxylic acids is 1. The van der Waals surface area contributed by atoms with E-state index in [1.807, 2.05) is 31.2 Å². The van der Waals surface area contributed by atoms with Crippen LogP contribution in [0.4, 0.5) is 5.69 Å². The summed E-state index contributed by atoms with van der Waals surface area (Å²) in [6.07, 6.45) is 0.639. The number of nitrogens with one attached hydrogen (secondary N) is 1. The van der Waals surface area contributed by atoms with Gasteiger partial charge in [0, 0.05) is 28.8 Å². The standard InChI is InChI=1S/C23H21BrN2O3S/c1-16-5-9-22(10-6-16)30(28,29)26-12-11-17-7-8-21(14-19(17)15-26)25-23(27)18-3-2-4-20(24)13-18/h2-10,13-14H,11-12,15H2,1H3,(H,25,27). The number of amides is 1. The van der Waals surface area contributed by atoms with E-state index < -0.39 is 10.0 Å². The summed E-state index contributed by atoms with van der Waals surface area (Å²) in [5.41, 5.74) is 4.22. The van der Waals surface area contributed by atoms with Crippen LogP contribution in [0.25, 0.3) is 0 Å². The second kappa shape index (κ2) is 8.34. The topological polar surface area (TPSA) is 66.5 Å². The van der Waals surface area contributed by atoms with Crippen LogP contribution >= 0.6 is 15.9 Å². The van der Waals surface area contributed by atoms with Gasteiger partial charge in [-0.1, -0.05) is 45.8 Å². The summed E-state index contributed by atoms with van der Waals surface area (Å²) in [6, 6.07) is 19.8. The Hall–Kier alpha value is -2.48. The van der Waals surface area contributed by atoms with Gasteiger partial charge in [-0.25, -0.2) is 8.42 Å². The number of nitrogens with zero attached hydrogens (tertiary/aromatic N) is 1. The van der Waals surface area contributed by atoms with Gasteiger partial charge in [-0.3, -0.25) is 4.79 Å². The minimum Gasteiger partial charge on any atom is -0.322 e. The summed E-state index contributed by atoms with van der Waals surface area (Å²) in [4.78, 5) is 12.8. The summed E-state index contributed by atoms with van der Waals surface area (Å²) >= 11 is 3.37. The first-order chi connectivity index (χ1) is 14.3. The molecule has 3 aromatic rings. The third-order valence-electron chi connectivity index (χ3n) is 5.19. The average molecular weight is 485 g/mol. The Balaban J connectivity index is 1.55. The number of halogens is 1. The van der Waals surface area contributed by atoms with Crippen molar-refractivity contribution < 1.29 is 13.2 Å². The zero-order valence-corrected chi connectivity index (χ0v) is 18.8. The molecule has 1 amide bonds. The second-order valence-corrected chi connectivity index (χ2v) is 10.2. The van der Waals surface area contributed by atoms with Crippen molar-refractivity contribution in [3.8, 4) is 0 Å². The SMILES string of the molecule is Cc1ccc(S(=O)(=O)N2CCc3ccc(NC(=O)c4cccc(Br)c4)cc3C2)cc1. The summed E-state index contributed by atoms with van der Waals surface area (Å²) in [5, 5.41) is 2.90. The molecule has 3 aromatic carbocycles. The smallest absolute Gasteiger partial charge is 0.255 e. The van der Waals surface area contributed by atoms with Gasteiger partial charge in [-0.15, -0.1) is 0 Å². The van der Waals surface area contributed by atoms with Crippen molar-refractivity contribution in [1.29, 1.82) is 0 Å². The lowest BCUT2D eigenvalue weighted by molar-refractivity contribution is 0.102. The zero-order valence-electron chi connectivity index (χ0n) is 16.4. The first kappa shape index (κ1) is 20.8. The molecule has 0 atom stereocenters. The second-order valence-electron chi connectivity index (χ2n) is 7.35. The highest BCUT2D eigenvalue weighted by atomic mass is 79.9. The van der Waals surface area contributed by atoms with E-state index >= 15 is 0 Å². The van der Waals surface area contributed by atoms with Crippen LogP contribution < -0.4 is 5.32 Å². The van der Waals surface area contributed by atoms with E-state index in [9.17, 15) is 13.2 Å². The third-order valence-corrected chi connectivity index (χ3v) is 7.54. The van der Waals surface area contributed by atoms with Crippen molar-refractivity contribution in [3.05, 3.63) is 93.5 Å². The molecule has 0 unspecified atom stereocenters. The molecular weight excluding hydrogens is 464 g/mol. The lowest BCUT2D eigenvalue weighted by Crippen LogP contribution is -2.36. The normalized spacial score (nSPS) is 14.2. The zero-order chi connectivity index (χ0) is 21.3. The molecule has 1 N–H and O–H groups in total. The predicted molar refractivity (Wildman–Crippen MR) is 121 cm³/mol. The van der Waals surface area contributed by atoms with E-state index in [0.29, 0.717) is 29.1 Å². The molecule has 5 nitrogen and oxygen atoms in total. The molecule has 0 aliphatic carbocycles. The van der Waals surface area contributed by atoms with E-state index in [1.54, 1.807) is 42.5 Å². The van der Waals surface area contributed by atoms with Gasteiger partial charge < -0.3 is 5.32 Å². The molecule has 0 spiro atoms. The molecule has 0 bridgehead atoms. The molecule has 30 heavy (non-hydrogen) atoms. The Kier molecular flexibility index (Phi) is 5.77. The number of fused-ring (bicyclic) bond motifs is 1. The van der Waals surface area contributed by atoms with Crippen LogP contribution in [0.1, 0.15) is 27.0 Å². The summed E-state index contributed by atoms with van der Waals surface area (Å²) in [5.74, 6) is -0.212. The van der Waals surface area contributed by atoms with Crippen LogP contribution in [0.15, 0.2) is 76.1 Å². The van der Waals surface area contributed by atoms with Crippen molar-refractivity contribution in [3.63, 3.8) is 0 Å². The fourth-order valence-electron chi connectivity index (χ4n) is 3.51. The predicted octanol–water partition coefficient (Wildman–Crippen LogP) is 4.76. The van der Waals surface area contributed by atoms with Crippen molar-refractivity contribution in [1.82, 2.24) is 4.31 Å². The number of sulfonamides is 1. The Morgan fingerprint density at radius 2 is 1.77 bits per heavy atom. The van der Waals surface area contributed by atoms with Gasteiger partial charge in [0.25, 0.3) is 5.91 Å². The molecule has 0 aromatic heterocycles. The number of hydrogen-bond acceptors (Lipinski definition) is 3. The van der Waals surface area contributed by atoms with Crippen LogP contribution in [-0.4, -0.2) is 25.2 Å². The number of carbonyl (C=O) groups is 1. The van der Waals surface area contributed by atoms with E-state index in [0.717, 1.165) is 21.2 Å². The van der Waals surface area contributed by atoms with Crippen molar-refractivity contribution >= 4 is 37.5 Å². The first-order valence-electron chi connectivity index (χ1n) is 9.58. The largest absolute Gasteiger partial charge is 0.322 e. The molecule has 1 aliphatic heterocycles. The monoisotopic (exact) mass is 484 g/mol. The Labute approximate surface area is 184 Å². The maximum absolute atomic E-state index is 13.0. The van der Waals surface area contributed by atoms with Gasteiger partial charge in [-0.2, -0.15) is 4.31 Å². The highest BCUT2D eigenvalue weighted by Gasteiger charge is 2.28. The van der Waals surface area contributed by atoms with Crippen LogP contribution in [0.2, 0.25) is 0 Å². The average Bonchev–Trinajstić information content (AvgIpc) is 2.73. The summed E-state index contributed by atoms with van der Waals surface area (Å²) in [7, 11) is -3.56. The number of benzene rings is 3. The Morgan fingerprint density at radius 1 is 1.00 bits per heavy atom. The van der Waals surface area contributed by atoms with Gasteiger partial charge in [0.05, 0.1) is 4.90 Å². The van der Waals surface area contributed by atoms with Crippen molar-refractivity contribution in [2.45, 2.75) is 24.8 Å². The van der Waals surface area contributed by atoms with Gasteiger partial charge in [0.15, 0.2) is 0 Å². The molecular formula is C23H21BrN2O3S. The molecule has 4 rings (SSSR count). The van der Waals surface area contributed by atoms with Crippen molar-refractivity contribution in [2.75, 3.05) is 11.9 Å². The molecule has 0 radical (unpaired) electrons. The van der Waals surface area contributed by atoms with Gasteiger partial charge in [-0.05, 0) is 66.9 Å². The highest BCUT2D eigenvalue weighted by Crippen LogP contribution is 2.27. The number of hydrogen-bond donors (Lipinski definition) is 1. The van der Waals surface area contributed by atoms with Gasteiger partial charge in [0.1, 0.15) is 0 Å². The molecule has 1 aliphatic rings. The van der Waals surface area contributed by atoms with E-state index in [-0.39, 0.29) is 12.5 Å². The molecule has 0 saturated heterocycles. The van der Waals surface area contributed by atoms with Crippen LogP contribution in [0, 0.1) is 6.92 Å². The van der Waals surface area contributed by atoms with Crippen LogP contribution in [-0.2, 0) is 23.0 Å². The fourth-order valence-corrected chi connectivity index (χ4v) is 5.32. The first-order valence-corrected chi connectivity index (χ1v) is 11.8. The minimum absolute atomic E-state index is 0.212. The molecule has 0 saturated carbocycles. The number of anilines is 1. The Bertz CT molecular complexity index is 1210. The van der Waals surface area contributed by atoms with E-state index in [4.69, 9.17) is 0 Å². The van der Waals surface area contributed by atoms with Crippen LogP contribution in [0.5, 0.6) is 0 Å². The van der Waals surface area contributed by atoms with Crippen molar-refractivity contribution in [2.24, 2.45) is 0 Å². The number of aryl methyl sites for hydroxylation is 1. The maximum atomic E-state index is 13.0. The minimum atomic E-state index is -3.56. The maximum Gasteiger partial charge on any atom is 0.255 e. The Morgan fingerprint density at radius 3 is 2.50 bits per heavy atom.